The van der Waals surface area contributed by atoms with Crippen LogP contribution in [0.1, 0.15) is 27.0 Å². The Balaban J connectivity index is 1.44. The van der Waals surface area contributed by atoms with Gasteiger partial charge >= 0.3 is 0 Å². The van der Waals surface area contributed by atoms with E-state index in [1.54, 1.807) is 18.3 Å². The zero-order valence-corrected chi connectivity index (χ0v) is 16.9. The number of ketones is 1. The van der Waals surface area contributed by atoms with Crippen LogP contribution in [0, 0.1) is 0 Å². The second-order valence-corrected chi connectivity index (χ2v) is 7.80. The van der Waals surface area contributed by atoms with E-state index in [1.807, 2.05) is 36.4 Å². The van der Waals surface area contributed by atoms with Crippen LogP contribution in [0.15, 0.2) is 54.7 Å². The van der Waals surface area contributed by atoms with Crippen molar-refractivity contribution in [3.05, 3.63) is 65.2 Å². The molecule has 1 N–H and O–H groups in total. The third-order valence-electron chi connectivity index (χ3n) is 4.75. The lowest BCUT2D eigenvalue weighted by Crippen LogP contribution is -2.36. The fourth-order valence-corrected chi connectivity index (χ4v) is 3.96. The van der Waals surface area contributed by atoms with Crippen molar-refractivity contribution in [3.63, 3.8) is 0 Å². The number of nitrogens with one attached hydrogen (secondary N) is 1. The Morgan fingerprint density at radius 3 is 2.59 bits per heavy atom. The van der Waals surface area contributed by atoms with Gasteiger partial charge in [-0.05, 0) is 37.3 Å². The van der Waals surface area contributed by atoms with Crippen LogP contribution in [0.3, 0.4) is 0 Å². The molecule has 0 radical (unpaired) electrons. The summed E-state index contributed by atoms with van der Waals surface area (Å²) in [5, 5.41) is 3.63. The minimum absolute atomic E-state index is 0.00176. The Bertz CT molecular complexity index is 1020. The summed E-state index contributed by atoms with van der Waals surface area (Å²) in [4.78, 5) is 31.3. The quantitative estimate of drug-likeness (QED) is 0.645. The van der Waals surface area contributed by atoms with Crippen LogP contribution in [-0.2, 0) is 4.74 Å². The van der Waals surface area contributed by atoms with Crippen molar-refractivity contribution in [2.24, 2.45) is 0 Å². The van der Waals surface area contributed by atoms with Crippen molar-refractivity contribution in [3.8, 4) is 10.6 Å². The first-order valence-electron chi connectivity index (χ1n) is 9.41. The van der Waals surface area contributed by atoms with Gasteiger partial charge in [0.1, 0.15) is 9.88 Å². The van der Waals surface area contributed by atoms with Gasteiger partial charge in [0.15, 0.2) is 5.78 Å². The lowest BCUT2D eigenvalue weighted by Gasteiger charge is -2.28. The zero-order chi connectivity index (χ0) is 20.2. The molecule has 0 saturated carbocycles. The van der Waals surface area contributed by atoms with Crippen LogP contribution in [0.4, 0.5) is 11.4 Å². The Morgan fingerprint density at radius 2 is 1.86 bits per heavy atom. The Morgan fingerprint density at radius 1 is 1.10 bits per heavy atom. The maximum atomic E-state index is 12.6. The van der Waals surface area contributed by atoms with Crippen molar-refractivity contribution in [1.82, 2.24) is 4.98 Å². The number of Topliss-reactive ketones (excluding diaryl/α,β-unsaturated/α-hetero) is 1. The number of morpholine rings is 1. The molecule has 0 atom stereocenters. The molecule has 1 saturated heterocycles. The molecule has 0 aliphatic carbocycles. The van der Waals surface area contributed by atoms with E-state index in [9.17, 15) is 9.59 Å². The third kappa shape index (κ3) is 4.52. The largest absolute Gasteiger partial charge is 0.378 e. The number of aromatic nitrogens is 1. The summed E-state index contributed by atoms with van der Waals surface area (Å²) in [5.41, 5.74) is 3.32. The highest BCUT2D eigenvalue weighted by Crippen LogP contribution is 2.27. The first-order valence-corrected chi connectivity index (χ1v) is 10.2. The van der Waals surface area contributed by atoms with E-state index in [0.29, 0.717) is 15.4 Å². The number of carbonyl (C=O) groups excluding carboxylic acids is 2. The van der Waals surface area contributed by atoms with Gasteiger partial charge in [0.05, 0.1) is 19.4 Å². The zero-order valence-electron chi connectivity index (χ0n) is 16.1. The summed E-state index contributed by atoms with van der Waals surface area (Å²) in [6.45, 7) is 4.76. The molecular formula is C22H21N3O3S. The van der Waals surface area contributed by atoms with Gasteiger partial charge in [-0.2, -0.15) is 0 Å². The minimum Gasteiger partial charge on any atom is -0.378 e. The highest BCUT2D eigenvalue weighted by atomic mass is 32.1. The first kappa shape index (κ1) is 19.3. The van der Waals surface area contributed by atoms with Crippen LogP contribution in [0.5, 0.6) is 0 Å². The molecule has 1 fully saturated rings. The van der Waals surface area contributed by atoms with Crippen LogP contribution in [0.25, 0.3) is 10.6 Å². The number of hydrogen-bond donors (Lipinski definition) is 1. The fraction of sp³-hybridized carbons (Fsp3) is 0.227. The predicted octanol–water partition coefficient (Wildman–Crippen LogP) is 4.10. The lowest BCUT2D eigenvalue weighted by molar-refractivity contribution is 0.101. The molecule has 1 aliphatic rings. The van der Waals surface area contributed by atoms with E-state index < -0.39 is 0 Å². The summed E-state index contributed by atoms with van der Waals surface area (Å²) in [6.07, 6.45) is 1.57. The van der Waals surface area contributed by atoms with E-state index in [2.05, 4.69) is 15.2 Å². The molecule has 29 heavy (non-hydrogen) atoms. The molecule has 0 spiro atoms. The maximum Gasteiger partial charge on any atom is 0.267 e. The SMILES string of the molecule is CC(=O)c1cccc(-c2ncc(C(=O)Nc3ccc(N4CCOCC4)cc3)s2)c1. The van der Waals surface area contributed by atoms with Gasteiger partial charge in [-0.15, -0.1) is 11.3 Å². The average Bonchev–Trinajstić information content (AvgIpc) is 3.26. The normalized spacial score (nSPS) is 13.9. The van der Waals surface area contributed by atoms with Crippen molar-refractivity contribution >= 4 is 34.4 Å². The van der Waals surface area contributed by atoms with Crippen LogP contribution >= 0.6 is 11.3 Å². The molecule has 2 aromatic carbocycles. The van der Waals surface area contributed by atoms with Gasteiger partial charge in [-0.3, -0.25) is 9.59 Å². The second kappa shape index (κ2) is 8.55. The molecule has 6 nitrogen and oxygen atoms in total. The number of hydrogen-bond acceptors (Lipinski definition) is 6. The Kier molecular flexibility index (Phi) is 5.69. The van der Waals surface area contributed by atoms with Crippen molar-refractivity contribution in [2.45, 2.75) is 6.92 Å². The number of anilines is 2. The molecule has 1 aliphatic heterocycles. The summed E-state index contributed by atoms with van der Waals surface area (Å²) < 4.78 is 5.38. The molecule has 2 heterocycles. The number of rotatable bonds is 5. The van der Waals surface area contributed by atoms with Gasteiger partial charge in [0.25, 0.3) is 5.91 Å². The number of carbonyl (C=O) groups is 2. The lowest BCUT2D eigenvalue weighted by atomic mass is 10.1. The molecule has 1 aromatic heterocycles. The van der Waals surface area contributed by atoms with E-state index in [-0.39, 0.29) is 11.7 Å². The van der Waals surface area contributed by atoms with Crippen LogP contribution in [0.2, 0.25) is 0 Å². The van der Waals surface area contributed by atoms with E-state index in [4.69, 9.17) is 4.74 Å². The Labute approximate surface area is 173 Å². The highest BCUT2D eigenvalue weighted by molar-refractivity contribution is 7.17. The molecule has 4 rings (SSSR count). The van der Waals surface area contributed by atoms with Gasteiger partial charge in [0.2, 0.25) is 0 Å². The highest BCUT2D eigenvalue weighted by Gasteiger charge is 2.14. The molecule has 1 amide bonds. The topological polar surface area (TPSA) is 71.5 Å². The standard InChI is InChI=1S/C22H21N3O3S/c1-15(26)16-3-2-4-17(13-16)22-23-14-20(29-22)21(27)24-18-5-7-19(8-6-18)25-9-11-28-12-10-25/h2-8,13-14H,9-12H2,1H3,(H,24,27). The Hall–Kier alpha value is -3.03. The molecule has 3 aromatic rings. The number of thiazole rings is 1. The van der Waals surface area contributed by atoms with Crippen LogP contribution < -0.4 is 10.2 Å². The summed E-state index contributed by atoms with van der Waals surface area (Å²) in [6, 6.07) is 15.1. The summed E-state index contributed by atoms with van der Waals surface area (Å²) in [7, 11) is 0. The van der Waals surface area contributed by atoms with Gasteiger partial charge in [-0.1, -0.05) is 18.2 Å². The minimum atomic E-state index is -0.199. The second-order valence-electron chi connectivity index (χ2n) is 6.77. The number of amides is 1. The summed E-state index contributed by atoms with van der Waals surface area (Å²) >= 11 is 1.30. The third-order valence-corrected chi connectivity index (χ3v) is 5.79. The molecule has 7 heteroatoms. The molecular weight excluding hydrogens is 386 g/mol. The van der Waals surface area contributed by atoms with E-state index in [0.717, 1.165) is 43.2 Å². The number of benzene rings is 2. The molecule has 0 unspecified atom stereocenters. The number of ether oxygens (including phenoxy) is 1. The van der Waals surface area contributed by atoms with Gasteiger partial charge in [0, 0.05) is 35.6 Å². The van der Waals surface area contributed by atoms with Gasteiger partial charge in [-0.25, -0.2) is 4.98 Å². The van der Waals surface area contributed by atoms with E-state index in [1.165, 1.54) is 18.3 Å². The van der Waals surface area contributed by atoms with Crippen molar-refractivity contribution < 1.29 is 14.3 Å². The first-order chi connectivity index (χ1) is 14.1. The molecule has 148 valence electrons. The van der Waals surface area contributed by atoms with Crippen LogP contribution in [-0.4, -0.2) is 43.0 Å². The van der Waals surface area contributed by atoms with Gasteiger partial charge < -0.3 is 15.0 Å². The smallest absolute Gasteiger partial charge is 0.267 e. The fourth-order valence-electron chi connectivity index (χ4n) is 3.15. The summed E-state index contributed by atoms with van der Waals surface area (Å²) in [5.74, 6) is -0.197. The van der Waals surface area contributed by atoms with E-state index >= 15 is 0 Å². The molecule has 0 bridgehead atoms. The maximum absolute atomic E-state index is 12.6. The monoisotopic (exact) mass is 407 g/mol. The van der Waals surface area contributed by atoms with Crippen molar-refractivity contribution in [1.29, 1.82) is 0 Å². The number of nitrogens with zero attached hydrogens (tertiary/aromatic N) is 2. The average molecular weight is 407 g/mol. The van der Waals surface area contributed by atoms with Crippen molar-refractivity contribution in [2.75, 3.05) is 36.5 Å². The predicted molar refractivity (Wildman–Crippen MR) is 115 cm³/mol.